The smallest absolute Gasteiger partial charge is 0.151 e. The largest absolute Gasteiger partial charge is 0.392 e. The van der Waals surface area contributed by atoms with Gasteiger partial charge in [0.25, 0.3) is 0 Å². The molecule has 0 saturated carbocycles. The fraction of sp³-hybridized carbons (Fsp3) is 0.333. The number of nitrogens with two attached hydrogens (primary N) is 1. The van der Waals surface area contributed by atoms with Gasteiger partial charge in [0.1, 0.15) is 17.7 Å². The number of aromatic nitrogens is 3. The number of nitrogens with zero attached hydrogens (tertiary/aromatic N) is 3. The molecule has 5 N–H and O–H groups in total. The maximum atomic E-state index is 10.1. The van der Waals surface area contributed by atoms with Crippen LogP contribution in [0.25, 0.3) is 11.0 Å². The van der Waals surface area contributed by atoms with Crippen LogP contribution in [-0.2, 0) is 0 Å². The number of aliphatic hydroxyl groups is 3. The molecule has 0 bridgehead atoms. The summed E-state index contributed by atoms with van der Waals surface area (Å²) >= 11 is 0. The highest BCUT2D eigenvalue weighted by molar-refractivity contribution is 5.85. The Kier molecular flexibility index (Phi) is 3.96. The molecule has 1 aliphatic rings. The highest BCUT2D eigenvalue weighted by Gasteiger charge is 2.35. The van der Waals surface area contributed by atoms with Crippen molar-refractivity contribution in [2.45, 2.75) is 18.2 Å². The highest BCUT2D eigenvalue weighted by Crippen LogP contribution is 2.32. The Morgan fingerprint density at radius 3 is 2.70 bits per heavy atom. The van der Waals surface area contributed by atoms with E-state index in [9.17, 15) is 10.2 Å². The van der Waals surface area contributed by atoms with Crippen LogP contribution in [0.1, 0.15) is 6.04 Å². The van der Waals surface area contributed by atoms with Gasteiger partial charge in [0.15, 0.2) is 5.82 Å². The molecule has 0 spiro atoms. The second-order valence-corrected chi connectivity index (χ2v) is 4.54. The Bertz CT molecular complexity index is 657. The van der Waals surface area contributed by atoms with Crippen LogP contribution in [0.5, 0.6) is 0 Å². The second kappa shape index (κ2) is 5.37. The van der Waals surface area contributed by atoms with Gasteiger partial charge in [-0.3, -0.25) is 0 Å². The van der Waals surface area contributed by atoms with E-state index in [1.165, 1.54) is 0 Å². The molecule has 0 aromatic carbocycles. The second-order valence-electron chi connectivity index (χ2n) is 4.54. The number of imidazole rings is 1. The number of aliphatic hydroxyl groups excluding tert-OH is 3. The normalized spacial score (nSPS) is 25.6. The highest BCUT2D eigenvalue weighted by atomic mass is 35.5. The van der Waals surface area contributed by atoms with Crippen molar-refractivity contribution in [1.29, 1.82) is 0 Å². The zero-order valence-electron chi connectivity index (χ0n) is 10.4. The van der Waals surface area contributed by atoms with Crippen molar-refractivity contribution < 1.29 is 15.3 Å². The van der Waals surface area contributed by atoms with Crippen LogP contribution >= 0.6 is 12.4 Å². The van der Waals surface area contributed by atoms with Gasteiger partial charge in [0.2, 0.25) is 0 Å². The first-order valence-electron chi connectivity index (χ1n) is 5.88. The standard InChI is InChI=1S/C12H14N4O3.ClH/c13-12-9-7(1-2-14-12)16(5-15-9)8-3-6(4-17)10(18)11(8)19;/h1-3,5,8,10-11,17-19H,4H2,(H2,13,14);1H. The van der Waals surface area contributed by atoms with Crippen LogP contribution in [0.15, 0.2) is 30.2 Å². The Morgan fingerprint density at radius 1 is 1.30 bits per heavy atom. The fourth-order valence-electron chi connectivity index (χ4n) is 2.43. The summed E-state index contributed by atoms with van der Waals surface area (Å²) in [5.74, 6) is 0.315. The van der Waals surface area contributed by atoms with Gasteiger partial charge < -0.3 is 25.6 Å². The van der Waals surface area contributed by atoms with Gasteiger partial charge in [-0.15, -0.1) is 12.4 Å². The summed E-state index contributed by atoms with van der Waals surface area (Å²) in [7, 11) is 0. The Balaban J connectivity index is 0.00000147. The molecule has 7 nitrogen and oxygen atoms in total. The molecule has 0 amide bonds. The van der Waals surface area contributed by atoms with Gasteiger partial charge in [-0.1, -0.05) is 6.08 Å². The van der Waals surface area contributed by atoms with E-state index in [0.29, 0.717) is 16.9 Å². The van der Waals surface area contributed by atoms with Gasteiger partial charge in [-0.2, -0.15) is 0 Å². The zero-order chi connectivity index (χ0) is 13.6. The van der Waals surface area contributed by atoms with Crippen molar-refractivity contribution >= 4 is 29.3 Å². The Hall–Kier alpha value is -1.67. The third kappa shape index (κ3) is 2.04. The maximum Gasteiger partial charge on any atom is 0.151 e. The first-order valence-corrected chi connectivity index (χ1v) is 5.88. The molecular weight excluding hydrogens is 284 g/mol. The molecule has 3 atom stereocenters. The van der Waals surface area contributed by atoms with Crippen LogP contribution in [0.2, 0.25) is 0 Å². The summed E-state index contributed by atoms with van der Waals surface area (Å²) < 4.78 is 1.71. The minimum atomic E-state index is -1.06. The average molecular weight is 299 g/mol. The monoisotopic (exact) mass is 298 g/mol. The molecule has 20 heavy (non-hydrogen) atoms. The number of hydrogen-bond donors (Lipinski definition) is 4. The predicted octanol–water partition coefficient (Wildman–Crippen LogP) is -0.370. The predicted molar refractivity (Wildman–Crippen MR) is 75.4 cm³/mol. The van der Waals surface area contributed by atoms with Crippen molar-refractivity contribution in [2.75, 3.05) is 12.3 Å². The van der Waals surface area contributed by atoms with Crippen molar-refractivity contribution in [3.8, 4) is 0 Å². The first kappa shape index (κ1) is 14.7. The lowest BCUT2D eigenvalue weighted by atomic mass is 10.1. The van der Waals surface area contributed by atoms with Gasteiger partial charge in [0.05, 0.1) is 24.5 Å². The van der Waals surface area contributed by atoms with E-state index < -0.39 is 18.2 Å². The van der Waals surface area contributed by atoms with E-state index in [-0.39, 0.29) is 19.0 Å². The quantitative estimate of drug-likeness (QED) is 0.562. The van der Waals surface area contributed by atoms with E-state index in [4.69, 9.17) is 10.8 Å². The minimum absolute atomic E-state index is 0. The Labute approximate surface area is 120 Å². The maximum absolute atomic E-state index is 10.1. The van der Waals surface area contributed by atoms with Crippen molar-refractivity contribution in [2.24, 2.45) is 0 Å². The summed E-state index contributed by atoms with van der Waals surface area (Å²) in [5, 5.41) is 29.0. The Morgan fingerprint density at radius 2 is 2.05 bits per heavy atom. The summed E-state index contributed by atoms with van der Waals surface area (Å²) in [5.41, 5.74) is 7.41. The lowest BCUT2D eigenvalue weighted by Crippen LogP contribution is -2.29. The molecule has 0 saturated heterocycles. The van der Waals surface area contributed by atoms with Crippen LogP contribution < -0.4 is 5.73 Å². The van der Waals surface area contributed by atoms with Gasteiger partial charge in [0, 0.05) is 6.20 Å². The number of anilines is 1. The molecule has 8 heteroatoms. The SMILES string of the molecule is Cl.Nc1nccc2c1ncn2C1C=C(CO)C(O)C1O. The summed E-state index contributed by atoms with van der Waals surface area (Å²) in [6.45, 7) is -0.287. The van der Waals surface area contributed by atoms with E-state index in [2.05, 4.69) is 9.97 Å². The molecule has 1 aliphatic carbocycles. The lowest BCUT2D eigenvalue weighted by Gasteiger charge is -2.19. The molecule has 0 aliphatic heterocycles. The van der Waals surface area contributed by atoms with E-state index in [1.54, 1.807) is 29.2 Å². The molecule has 3 unspecified atom stereocenters. The lowest BCUT2D eigenvalue weighted by molar-refractivity contribution is 0.0288. The van der Waals surface area contributed by atoms with Crippen molar-refractivity contribution in [1.82, 2.24) is 14.5 Å². The third-order valence-corrected chi connectivity index (χ3v) is 3.46. The summed E-state index contributed by atoms with van der Waals surface area (Å²) in [6, 6.07) is 1.26. The third-order valence-electron chi connectivity index (χ3n) is 3.46. The molecule has 0 fully saturated rings. The van der Waals surface area contributed by atoms with Crippen LogP contribution in [0, 0.1) is 0 Å². The van der Waals surface area contributed by atoms with Gasteiger partial charge >= 0.3 is 0 Å². The number of fused-ring (bicyclic) bond motifs is 1. The molecule has 0 radical (unpaired) electrons. The number of nitrogen functional groups attached to an aromatic ring is 1. The van der Waals surface area contributed by atoms with Crippen molar-refractivity contribution in [3.05, 3.63) is 30.2 Å². The molecule has 2 heterocycles. The fourth-order valence-corrected chi connectivity index (χ4v) is 2.43. The van der Waals surface area contributed by atoms with Gasteiger partial charge in [-0.05, 0) is 11.6 Å². The van der Waals surface area contributed by atoms with E-state index in [0.717, 1.165) is 5.52 Å². The molecule has 2 aromatic heterocycles. The van der Waals surface area contributed by atoms with Gasteiger partial charge in [-0.25, -0.2) is 9.97 Å². The molecule has 3 rings (SSSR count). The number of rotatable bonds is 2. The number of pyridine rings is 1. The molecule has 108 valence electrons. The first-order chi connectivity index (χ1) is 9.13. The minimum Gasteiger partial charge on any atom is -0.392 e. The number of halogens is 1. The average Bonchev–Trinajstić information content (AvgIpc) is 2.94. The molecule has 2 aromatic rings. The van der Waals surface area contributed by atoms with E-state index >= 15 is 0 Å². The van der Waals surface area contributed by atoms with E-state index in [1.807, 2.05) is 0 Å². The zero-order valence-corrected chi connectivity index (χ0v) is 11.2. The summed E-state index contributed by atoms with van der Waals surface area (Å²) in [6.07, 6.45) is 2.66. The number of hydrogen-bond acceptors (Lipinski definition) is 6. The van der Waals surface area contributed by atoms with Crippen molar-refractivity contribution in [3.63, 3.8) is 0 Å². The van der Waals surface area contributed by atoms with Crippen LogP contribution in [0.4, 0.5) is 5.82 Å². The van der Waals surface area contributed by atoms with Crippen LogP contribution in [-0.4, -0.2) is 48.7 Å². The topological polar surface area (TPSA) is 117 Å². The molecular formula is C12H15ClN4O3. The van der Waals surface area contributed by atoms with Crippen LogP contribution in [0.3, 0.4) is 0 Å². The summed E-state index contributed by atoms with van der Waals surface area (Å²) in [4.78, 5) is 8.11.